The van der Waals surface area contributed by atoms with Crippen molar-refractivity contribution in [1.29, 1.82) is 0 Å². The molecule has 2 N–H and O–H groups in total. The Morgan fingerprint density at radius 2 is 2.08 bits per heavy atom. The van der Waals surface area contributed by atoms with Crippen LogP contribution in [0.25, 0.3) is 0 Å². The zero-order valence-electron chi connectivity index (χ0n) is 15.2. The fraction of sp³-hybridized carbons (Fsp3) is 0.471. The topological polar surface area (TPSA) is 85.6 Å². The van der Waals surface area contributed by atoms with Gasteiger partial charge in [0.15, 0.2) is 5.96 Å². The molecule has 25 heavy (non-hydrogen) atoms. The van der Waals surface area contributed by atoms with Crippen LogP contribution in [0.15, 0.2) is 29.5 Å². The van der Waals surface area contributed by atoms with E-state index in [4.69, 9.17) is 9.47 Å². The molecule has 1 aromatic heterocycles. The quantitative estimate of drug-likeness (QED) is 0.550. The molecule has 0 saturated heterocycles. The molecule has 1 heterocycles. The van der Waals surface area contributed by atoms with Crippen LogP contribution in [0, 0.1) is 0 Å². The molecular formula is C17H26N6O2. The van der Waals surface area contributed by atoms with Gasteiger partial charge in [-0.15, -0.1) is 0 Å². The minimum atomic E-state index is 0.467. The number of guanidine groups is 1. The van der Waals surface area contributed by atoms with Crippen molar-refractivity contribution in [3.8, 4) is 11.5 Å². The maximum Gasteiger partial charge on any atom is 0.191 e. The molecule has 0 radical (unpaired) electrons. The first kappa shape index (κ1) is 18.6. The monoisotopic (exact) mass is 346 g/mol. The summed E-state index contributed by atoms with van der Waals surface area (Å²) in [4.78, 5) is 8.72. The summed E-state index contributed by atoms with van der Waals surface area (Å²) in [5, 5.41) is 10.6. The number of nitrogens with zero attached hydrogens (tertiary/aromatic N) is 4. The van der Waals surface area contributed by atoms with Crippen LogP contribution in [-0.2, 0) is 20.0 Å². The molecule has 0 unspecified atom stereocenters. The average Bonchev–Trinajstić information content (AvgIpc) is 3.04. The number of hydrogen-bond acceptors (Lipinski definition) is 5. The third-order valence-electron chi connectivity index (χ3n) is 3.70. The third-order valence-corrected chi connectivity index (χ3v) is 3.70. The number of aryl methyl sites for hydroxylation is 1. The second-order valence-corrected chi connectivity index (χ2v) is 5.35. The van der Waals surface area contributed by atoms with Crippen LogP contribution in [0.5, 0.6) is 11.5 Å². The van der Waals surface area contributed by atoms with Gasteiger partial charge in [0.1, 0.15) is 30.2 Å². The van der Waals surface area contributed by atoms with Gasteiger partial charge in [-0.1, -0.05) is 0 Å². The summed E-state index contributed by atoms with van der Waals surface area (Å²) in [6, 6.07) is 5.80. The normalized spacial score (nSPS) is 11.3. The Morgan fingerprint density at radius 1 is 1.24 bits per heavy atom. The number of hydrogen-bond donors (Lipinski definition) is 2. The van der Waals surface area contributed by atoms with Crippen molar-refractivity contribution in [2.75, 3.05) is 27.3 Å². The summed E-state index contributed by atoms with van der Waals surface area (Å²) in [6.45, 7) is 4.00. The second-order valence-electron chi connectivity index (χ2n) is 5.35. The van der Waals surface area contributed by atoms with E-state index in [9.17, 15) is 0 Å². The highest BCUT2D eigenvalue weighted by molar-refractivity contribution is 5.79. The van der Waals surface area contributed by atoms with Gasteiger partial charge in [0.2, 0.25) is 0 Å². The van der Waals surface area contributed by atoms with Gasteiger partial charge in [-0.2, -0.15) is 5.10 Å². The molecule has 0 aliphatic heterocycles. The number of benzene rings is 1. The van der Waals surface area contributed by atoms with Crippen LogP contribution in [0.4, 0.5) is 0 Å². The number of methoxy groups -OCH3 is 2. The third kappa shape index (κ3) is 5.37. The van der Waals surface area contributed by atoms with Gasteiger partial charge in [0.25, 0.3) is 0 Å². The molecule has 0 fully saturated rings. The van der Waals surface area contributed by atoms with E-state index in [-0.39, 0.29) is 0 Å². The molecule has 0 aliphatic carbocycles. The summed E-state index contributed by atoms with van der Waals surface area (Å²) >= 11 is 0. The molecule has 8 nitrogen and oxygen atoms in total. The molecule has 2 aromatic rings. The van der Waals surface area contributed by atoms with Crippen molar-refractivity contribution in [2.45, 2.75) is 19.9 Å². The Bertz CT molecular complexity index is 698. The zero-order valence-corrected chi connectivity index (χ0v) is 15.2. The van der Waals surface area contributed by atoms with Gasteiger partial charge in [-0.25, -0.2) is 9.98 Å². The van der Waals surface area contributed by atoms with Crippen LogP contribution in [0.1, 0.15) is 18.3 Å². The number of rotatable bonds is 8. The fourth-order valence-electron chi connectivity index (χ4n) is 2.35. The van der Waals surface area contributed by atoms with E-state index < -0.39 is 0 Å². The first-order valence-electron chi connectivity index (χ1n) is 8.23. The van der Waals surface area contributed by atoms with Gasteiger partial charge < -0.3 is 20.1 Å². The maximum atomic E-state index is 5.41. The van der Waals surface area contributed by atoms with Gasteiger partial charge in [-0.3, -0.25) is 4.68 Å². The molecule has 136 valence electrons. The van der Waals surface area contributed by atoms with E-state index in [2.05, 4.69) is 25.7 Å². The van der Waals surface area contributed by atoms with E-state index in [1.165, 1.54) is 6.33 Å². The summed E-state index contributed by atoms with van der Waals surface area (Å²) < 4.78 is 12.4. The molecule has 1 aromatic carbocycles. The van der Waals surface area contributed by atoms with Gasteiger partial charge in [-0.05, 0) is 37.1 Å². The van der Waals surface area contributed by atoms with Crippen molar-refractivity contribution < 1.29 is 9.47 Å². The van der Waals surface area contributed by atoms with Crippen molar-refractivity contribution >= 4 is 5.96 Å². The Labute approximate surface area is 148 Å². The van der Waals surface area contributed by atoms with Gasteiger partial charge >= 0.3 is 0 Å². The summed E-state index contributed by atoms with van der Waals surface area (Å²) in [5.41, 5.74) is 1.08. The van der Waals surface area contributed by atoms with Crippen molar-refractivity contribution in [2.24, 2.45) is 12.0 Å². The molecule has 0 bridgehead atoms. The summed E-state index contributed by atoms with van der Waals surface area (Å²) in [5.74, 6) is 3.22. The SMILES string of the molecule is CCNC(=NCc1ncnn1C)NCCc1cc(OC)ccc1OC. The first-order valence-corrected chi connectivity index (χ1v) is 8.23. The number of nitrogens with one attached hydrogen (secondary N) is 2. The van der Waals surface area contributed by atoms with E-state index in [1.54, 1.807) is 18.9 Å². The van der Waals surface area contributed by atoms with E-state index in [1.807, 2.05) is 32.2 Å². The summed E-state index contributed by atoms with van der Waals surface area (Å²) in [6.07, 6.45) is 2.31. The average molecular weight is 346 g/mol. The van der Waals surface area contributed by atoms with E-state index >= 15 is 0 Å². The molecule has 2 rings (SSSR count). The minimum Gasteiger partial charge on any atom is -0.497 e. The summed E-state index contributed by atoms with van der Waals surface area (Å²) in [7, 11) is 5.19. The second kappa shape index (κ2) is 9.51. The Morgan fingerprint density at radius 3 is 2.72 bits per heavy atom. The van der Waals surface area contributed by atoms with Crippen LogP contribution in [0.3, 0.4) is 0 Å². The molecule has 0 amide bonds. The minimum absolute atomic E-state index is 0.467. The standard InChI is InChI=1S/C17H26N6O2/c1-5-18-17(20-11-16-21-12-22-23(16)2)19-9-8-13-10-14(24-3)6-7-15(13)25-4/h6-7,10,12H,5,8-9,11H2,1-4H3,(H2,18,19,20). The van der Waals surface area contributed by atoms with Crippen LogP contribution < -0.4 is 20.1 Å². The Kier molecular flexibility index (Phi) is 7.06. The lowest BCUT2D eigenvalue weighted by Crippen LogP contribution is -2.38. The lowest BCUT2D eigenvalue weighted by atomic mass is 10.1. The molecule has 0 saturated carbocycles. The van der Waals surface area contributed by atoms with Crippen molar-refractivity contribution in [1.82, 2.24) is 25.4 Å². The van der Waals surface area contributed by atoms with Gasteiger partial charge in [0.05, 0.1) is 14.2 Å². The predicted molar refractivity (Wildman–Crippen MR) is 97.1 cm³/mol. The van der Waals surface area contributed by atoms with Crippen LogP contribution in [0.2, 0.25) is 0 Å². The fourth-order valence-corrected chi connectivity index (χ4v) is 2.35. The largest absolute Gasteiger partial charge is 0.497 e. The number of aliphatic imine (C=N–C) groups is 1. The predicted octanol–water partition coefficient (Wildman–Crippen LogP) is 1.13. The van der Waals surface area contributed by atoms with E-state index in [0.29, 0.717) is 13.1 Å². The molecule has 0 aliphatic rings. The Hall–Kier alpha value is -2.77. The first-order chi connectivity index (χ1) is 12.2. The van der Waals surface area contributed by atoms with Crippen LogP contribution >= 0.6 is 0 Å². The zero-order chi connectivity index (χ0) is 18.1. The van der Waals surface area contributed by atoms with Gasteiger partial charge in [0, 0.05) is 20.1 Å². The lowest BCUT2D eigenvalue weighted by Gasteiger charge is -2.13. The molecule has 0 atom stereocenters. The van der Waals surface area contributed by atoms with Crippen molar-refractivity contribution in [3.63, 3.8) is 0 Å². The van der Waals surface area contributed by atoms with Crippen LogP contribution in [-0.4, -0.2) is 48.0 Å². The molecular weight excluding hydrogens is 320 g/mol. The molecule has 0 spiro atoms. The number of ether oxygens (including phenoxy) is 2. The highest BCUT2D eigenvalue weighted by atomic mass is 16.5. The highest BCUT2D eigenvalue weighted by Crippen LogP contribution is 2.24. The van der Waals surface area contributed by atoms with E-state index in [0.717, 1.165) is 41.8 Å². The highest BCUT2D eigenvalue weighted by Gasteiger charge is 2.06. The number of aromatic nitrogens is 3. The lowest BCUT2D eigenvalue weighted by molar-refractivity contribution is 0.398. The smallest absolute Gasteiger partial charge is 0.191 e. The molecule has 8 heteroatoms. The maximum absolute atomic E-state index is 5.41. The Balaban J connectivity index is 1.96. The van der Waals surface area contributed by atoms with Crippen molar-refractivity contribution in [3.05, 3.63) is 35.9 Å².